The van der Waals surface area contributed by atoms with E-state index < -0.39 is 20.9 Å². The minimum absolute atomic E-state index is 0.428. The lowest BCUT2D eigenvalue weighted by atomic mass is 10.1. The molecule has 2 unspecified atom stereocenters. The molecule has 0 amide bonds. The van der Waals surface area contributed by atoms with Gasteiger partial charge in [0.25, 0.3) is 0 Å². The van der Waals surface area contributed by atoms with Crippen molar-refractivity contribution in [3.05, 3.63) is 0 Å². The van der Waals surface area contributed by atoms with Gasteiger partial charge in [-0.25, -0.2) is 0 Å². The molecule has 0 saturated carbocycles. The Labute approximate surface area is 108 Å². The van der Waals surface area contributed by atoms with E-state index in [4.69, 9.17) is 5.73 Å². The van der Waals surface area contributed by atoms with Crippen molar-refractivity contribution in [2.24, 2.45) is 5.73 Å². The van der Waals surface area contributed by atoms with Crippen LogP contribution in [0.15, 0.2) is 0 Å². The fourth-order valence-corrected chi connectivity index (χ4v) is 4.86. The summed E-state index contributed by atoms with van der Waals surface area (Å²) in [6.45, 7) is 5.75. The summed E-state index contributed by atoms with van der Waals surface area (Å²) in [5.74, 6) is 1.32. The van der Waals surface area contributed by atoms with Crippen molar-refractivity contribution in [3.63, 3.8) is 0 Å². The van der Waals surface area contributed by atoms with Crippen LogP contribution in [0.3, 0.4) is 0 Å². The van der Waals surface area contributed by atoms with E-state index >= 15 is 0 Å². The third kappa shape index (κ3) is 5.60. The molecule has 3 nitrogen and oxygen atoms in total. The largest absolute Gasteiger partial charge is 0.384 e. The predicted molar refractivity (Wildman–Crippen MR) is 78.3 cm³/mol. The normalized spacial score (nSPS) is 20.6. The van der Waals surface area contributed by atoms with Crippen LogP contribution in [0, 0.1) is 0 Å². The van der Waals surface area contributed by atoms with Crippen LogP contribution in [0.2, 0.25) is 0 Å². The van der Waals surface area contributed by atoms with Gasteiger partial charge in [0.15, 0.2) is 0 Å². The Morgan fingerprint density at radius 1 is 0.941 bits per heavy atom. The first-order valence-corrected chi connectivity index (χ1v) is 8.93. The van der Waals surface area contributed by atoms with Gasteiger partial charge in [-0.2, -0.15) is 10.0 Å². The quantitative estimate of drug-likeness (QED) is 0.532. The molecule has 0 fully saturated rings. The van der Waals surface area contributed by atoms with E-state index in [-0.39, 0.29) is 0 Å². The van der Waals surface area contributed by atoms with Gasteiger partial charge in [-0.15, -0.1) is 0 Å². The van der Waals surface area contributed by atoms with Crippen LogP contribution < -0.4 is 5.73 Å². The zero-order valence-electron chi connectivity index (χ0n) is 11.7. The van der Waals surface area contributed by atoms with Crippen molar-refractivity contribution >= 4 is 10.0 Å². The van der Waals surface area contributed by atoms with E-state index in [0.717, 1.165) is 12.2 Å². The molecular formula is C13H31NO2S. The Bertz CT molecular complexity index is 178. The summed E-state index contributed by atoms with van der Waals surface area (Å²) in [5, 5.41) is 19.7. The lowest BCUT2D eigenvalue weighted by Gasteiger charge is -2.44. The number of hydrogen-bond acceptors (Lipinski definition) is 3. The third-order valence-corrected chi connectivity index (χ3v) is 7.93. The fourth-order valence-electron chi connectivity index (χ4n) is 2.14. The maximum atomic E-state index is 9.87. The van der Waals surface area contributed by atoms with E-state index in [1.807, 2.05) is 0 Å². The topological polar surface area (TPSA) is 66.5 Å². The predicted octanol–water partition coefficient (Wildman–Crippen LogP) is 2.74. The molecule has 0 aliphatic heterocycles. The molecule has 0 saturated heterocycles. The second kappa shape index (κ2) is 9.20. The summed E-state index contributed by atoms with van der Waals surface area (Å²) in [4.78, 5) is 0. The molecule has 0 aromatic carbocycles. The van der Waals surface area contributed by atoms with Gasteiger partial charge in [0.1, 0.15) is 0 Å². The third-order valence-electron chi connectivity index (χ3n) is 3.55. The van der Waals surface area contributed by atoms with E-state index in [9.17, 15) is 10.2 Å². The first-order chi connectivity index (χ1) is 8.01. The lowest BCUT2D eigenvalue weighted by Crippen LogP contribution is -2.33. The number of unbranched alkanes of at least 4 members (excludes halogenated alkanes) is 5. The zero-order chi connectivity index (χ0) is 13.3. The maximum absolute atomic E-state index is 9.87. The van der Waals surface area contributed by atoms with Crippen molar-refractivity contribution < 1.29 is 10.2 Å². The van der Waals surface area contributed by atoms with E-state index in [0.29, 0.717) is 5.88 Å². The Balaban J connectivity index is 4.01. The zero-order valence-corrected chi connectivity index (χ0v) is 12.5. The van der Waals surface area contributed by atoms with Crippen LogP contribution in [0.25, 0.3) is 0 Å². The number of rotatable bonds is 10. The van der Waals surface area contributed by atoms with Crippen molar-refractivity contribution in [2.75, 3.05) is 11.6 Å². The molecule has 0 bridgehead atoms. The highest BCUT2D eigenvalue weighted by molar-refractivity contribution is 8.34. The van der Waals surface area contributed by atoms with Crippen molar-refractivity contribution in [1.29, 1.82) is 0 Å². The van der Waals surface area contributed by atoms with Crippen LogP contribution >= 0.6 is 10.0 Å². The van der Waals surface area contributed by atoms with Crippen molar-refractivity contribution in [3.8, 4) is 0 Å². The maximum Gasteiger partial charge on any atom is 0.0845 e. The summed E-state index contributed by atoms with van der Waals surface area (Å²) in [6.07, 6.45) is 7.39. The van der Waals surface area contributed by atoms with Crippen LogP contribution in [-0.4, -0.2) is 32.7 Å². The standard InChI is InChI=1S/C13H31NO2S/c1-4-5-6-7-8-9-10-17(11-14,12(2)15)13(3)16/h12-13,15-16H,4-11,14H2,1-3H3. The van der Waals surface area contributed by atoms with Gasteiger partial charge in [-0.1, -0.05) is 39.0 Å². The van der Waals surface area contributed by atoms with Gasteiger partial charge in [0.05, 0.1) is 10.9 Å². The molecule has 0 aliphatic carbocycles. The summed E-state index contributed by atoms with van der Waals surface area (Å²) >= 11 is 0. The fraction of sp³-hybridized carbons (Fsp3) is 1.00. The van der Waals surface area contributed by atoms with Gasteiger partial charge < -0.3 is 15.9 Å². The highest BCUT2D eigenvalue weighted by atomic mass is 32.3. The summed E-state index contributed by atoms with van der Waals surface area (Å²) in [6, 6.07) is 0. The Morgan fingerprint density at radius 2 is 1.41 bits per heavy atom. The first kappa shape index (κ1) is 17.2. The van der Waals surface area contributed by atoms with Gasteiger partial charge in [0.2, 0.25) is 0 Å². The molecule has 17 heavy (non-hydrogen) atoms. The van der Waals surface area contributed by atoms with Gasteiger partial charge >= 0.3 is 0 Å². The second-order valence-electron chi connectivity index (χ2n) is 4.84. The van der Waals surface area contributed by atoms with Crippen LogP contribution in [0.1, 0.15) is 59.3 Å². The molecule has 0 aliphatic rings. The molecule has 4 N–H and O–H groups in total. The highest BCUT2D eigenvalue weighted by Crippen LogP contribution is 2.54. The molecule has 106 valence electrons. The molecule has 0 aromatic rings. The minimum atomic E-state index is -1.47. The van der Waals surface area contributed by atoms with E-state index in [1.165, 1.54) is 32.1 Å². The highest BCUT2D eigenvalue weighted by Gasteiger charge is 2.32. The Morgan fingerprint density at radius 3 is 1.82 bits per heavy atom. The van der Waals surface area contributed by atoms with Gasteiger partial charge in [0, 0.05) is 5.88 Å². The van der Waals surface area contributed by atoms with E-state index in [1.54, 1.807) is 13.8 Å². The average Bonchev–Trinajstić information content (AvgIpc) is 2.27. The first-order valence-electron chi connectivity index (χ1n) is 6.84. The second-order valence-corrected chi connectivity index (χ2v) is 8.96. The van der Waals surface area contributed by atoms with Crippen molar-refractivity contribution in [2.45, 2.75) is 70.2 Å². The molecule has 0 spiro atoms. The number of aliphatic hydroxyl groups excluding tert-OH is 2. The van der Waals surface area contributed by atoms with Gasteiger partial charge in [-0.3, -0.25) is 0 Å². The van der Waals surface area contributed by atoms with Gasteiger partial charge in [-0.05, 0) is 26.0 Å². The smallest absolute Gasteiger partial charge is 0.0845 e. The molecule has 0 aromatic heterocycles. The minimum Gasteiger partial charge on any atom is -0.384 e. The summed E-state index contributed by atoms with van der Waals surface area (Å²) in [5.41, 5.74) is 4.85. The molecule has 0 heterocycles. The van der Waals surface area contributed by atoms with Crippen LogP contribution in [0.5, 0.6) is 0 Å². The molecule has 2 atom stereocenters. The number of hydrogen-bond donors (Lipinski definition) is 3. The molecule has 0 radical (unpaired) electrons. The molecule has 0 rings (SSSR count). The van der Waals surface area contributed by atoms with Crippen LogP contribution in [-0.2, 0) is 0 Å². The summed E-state index contributed by atoms with van der Waals surface area (Å²) < 4.78 is 0. The number of nitrogens with two attached hydrogens (primary N) is 1. The molecule has 4 heteroatoms. The van der Waals surface area contributed by atoms with Crippen LogP contribution in [0.4, 0.5) is 0 Å². The monoisotopic (exact) mass is 265 g/mol. The summed E-state index contributed by atoms with van der Waals surface area (Å²) in [7, 11) is -1.47. The Hall–Kier alpha value is 0.230. The number of aliphatic hydroxyl groups is 2. The molecular weight excluding hydrogens is 234 g/mol. The Kier molecular flexibility index (Phi) is 9.32. The van der Waals surface area contributed by atoms with E-state index in [2.05, 4.69) is 6.92 Å². The average molecular weight is 265 g/mol. The lowest BCUT2D eigenvalue weighted by molar-refractivity contribution is 0.246. The SMILES string of the molecule is CCCCCCCCS(CN)(C(C)O)C(C)O. The van der Waals surface area contributed by atoms with Crippen molar-refractivity contribution in [1.82, 2.24) is 0 Å².